The van der Waals surface area contributed by atoms with Gasteiger partial charge in [-0.05, 0) is 44.9 Å². The molecule has 8 heteroatoms. The third-order valence-corrected chi connectivity index (χ3v) is 3.84. The Balaban J connectivity index is 2.51. The van der Waals surface area contributed by atoms with Crippen molar-refractivity contribution < 1.29 is 13.2 Å². The Kier molecular flexibility index (Phi) is 2.92. The lowest BCUT2D eigenvalue weighted by molar-refractivity contribution is -0.137. The summed E-state index contributed by atoms with van der Waals surface area (Å²) >= 11 is 0. The Labute approximate surface area is 99.8 Å². The number of rotatable bonds is 1. The van der Waals surface area contributed by atoms with Crippen molar-refractivity contribution in [3.05, 3.63) is 49.2 Å². The summed E-state index contributed by atoms with van der Waals surface area (Å²) in [5, 5.41) is 0. The van der Waals surface area contributed by atoms with Gasteiger partial charge in [0.15, 0.2) is 0 Å². The summed E-state index contributed by atoms with van der Waals surface area (Å²) in [7, 11) is 1.50. The SMILES string of the molecule is O=c1ssc(=O)n1-c1ccc(C(F)(F)F)cc1. The molecule has 2 rings (SSSR count). The van der Waals surface area contributed by atoms with Gasteiger partial charge in [-0.3, -0.25) is 9.59 Å². The molecule has 0 aliphatic rings. The normalized spacial score (nSPS) is 11.7. The molecule has 0 bridgehead atoms. The van der Waals surface area contributed by atoms with Crippen LogP contribution >= 0.6 is 20.7 Å². The van der Waals surface area contributed by atoms with Gasteiger partial charge < -0.3 is 0 Å². The van der Waals surface area contributed by atoms with Crippen molar-refractivity contribution in [3.63, 3.8) is 0 Å². The largest absolute Gasteiger partial charge is 0.416 e. The fraction of sp³-hybridized carbons (Fsp3) is 0.111. The van der Waals surface area contributed by atoms with Gasteiger partial charge in [-0.15, -0.1) is 0 Å². The van der Waals surface area contributed by atoms with Crippen molar-refractivity contribution >= 4 is 20.7 Å². The summed E-state index contributed by atoms with van der Waals surface area (Å²) in [4.78, 5) is 21.6. The summed E-state index contributed by atoms with van der Waals surface area (Å²) in [5.74, 6) is 0. The Bertz CT molecular complexity index is 608. The predicted octanol–water partition coefficient (Wildman–Crippen LogP) is 2.34. The molecule has 17 heavy (non-hydrogen) atoms. The summed E-state index contributed by atoms with van der Waals surface area (Å²) < 4.78 is 37.7. The van der Waals surface area contributed by atoms with Gasteiger partial charge in [-0.25, -0.2) is 4.57 Å². The second-order valence-electron chi connectivity index (χ2n) is 3.08. The van der Waals surface area contributed by atoms with Crippen LogP contribution in [0.5, 0.6) is 0 Å². The van der Waals surface area contributed by atoms with E-state index in [0.29, 0.717) is 0 Å². The molecule has 3 nitrogen and oxygen atoms in total. The van der Waals surface area contributed by atoms with Crippen LogP contribution in [-0.4, -0.2) is 4.57 Å². The molecule has 0 radical (unpaired) electrons. The maximum atomic E-state index is 12.3. The average Bonchev–Trinajstić information content (AvgIpc) is 2.58. The molecule has 2 aromatic rings. The first-order chi connectivity index (χ1) is 7.89. The van der Waals surface area contributed by atoms with Gasteiger partial charge in [0.2, 0.25) is 0 Å². The van der Waals surface area contributed by atoms with E-state index in [1.807, 2.05) is 0 Å². The fourth-order valence-electron chi connectivity index (χ4n) is 1.23. The van der Waals surface area contributed by atoms with E-state index < -0.39 is 21.5 Å². The molecule has 1 aromatic heterocycles. The molecule has 0 aliphatic carbocycles. The van der Waals surface area contributed by atoms with Crippen LogP contribution in [0.3, 0.4) is 0 Å². The average molecular weight is 279 g/mol. The second-order valence-corrected chi connectivity index (χ2v) is 5.11. The van der Waals surface area contributed by atoms with Crippen LogP contribution in [0.4, 0.5) is 13.2 Å². The molecule has 0 saturated carbocycles. The maximum Gasteiger partial charge on any atom is 0.416 e. The molecular formula is C9H4F3NO2S2. The van der Waals surface area contributed by atoms with E-state index in [9.17, 15) is 22.8 Å². The van der Waals surface area contributed by atoms with Crippen LogP contribution in [0.1, 0.15) is 5.56 Å². The quantitative estimate of drug-likeness (QED) is 0.752. The minimum absolute atomic E-state index is 0.144. The first-order valence-electron chi connectivity index (χ1n) is 4.29. The van der Waals surface area contributed by atoms with Gasteiger partial charge in [0.25, 0.3) is 0 Å². The van der Waals surface area contributed by atoms with Crippen LogP contribution in [0, 0.1) is 0 Å². The number of hydrogen-bond acceptors (Lipinski definition) is 4. The minimum Gasteiger partial charge on any atom is -0.255 e. The summed E-state index contributed by atoms with van der Waals surface area (Å²) in [5.41, 5.74) is -0.675. The van der Waals surface area contributed by atoms with Gasteiger partial charge in [0, 0.05) is 0 Å². The van der Waals surface area contributed by atoms with E-state index >= 15 is 0 Å². The third-order valence-electron chi connectivity index (χ3n) is 2.00. The van der Waals surface area contributed by atoms with Crippen LogP contribution in [-0.2, 0) is 6.18 Å². The van der Waals surface area contributed by atoms with E-state index in [0.717, 1.165) is 49.5 Å². The van der Waals surface area contributed by atoms with E-state index in [-0.39, 0.29) is 5.69 Å². The van der Waals surface area contributed by atoms with Gasteiger partial charge >= 0.3 is 15.9 Å². The van der Waals surface area contributed by atoms with E-state index in [2.05, 4.69) is 0 Å². The number of hydrogen-bond donors (Lipinski definition) is 0. The number of nitrogens with zero attached hydrogens (tertiary/aromatic N) is 1. The van der Waals surface area contributed by atoms with Crippen molar-refractivity contribution in [1.82, 2.24) is 4.57 Å². The van der Waals surface area contributed by atoms with E-state index in [4.69, 9.17) is 0 Å². The van der Waals surface area contributed by atoms with Gasteiger partial charge in [-0.1, -0.05) is 0 Å². The fourth-order valence-corrected chi connectivity index (χ4v) is 2.83. The summed E-state index contributed by atoms with van der Waals surface area (Å²) in [6.07, 6.45) is -4.43. The number of benzene rings is 1. The molecule has 0 unspecified atom stereocenters. The Morgan fingerprint density at radius 3 is 1.82 bits per heavy atom. The first kappa shape index (κ1) is 12.1. The molecule has 0 fully saturated rings. The van der Waals surface area contributed by atoms with Crippen LogP contribution < -0.4 is 9.75 Å². The van der Waals surface area contributed by atoms with Crippen LogP contribution in [0.15, 0.2) is 33.9 Å². The lowest BCUT2D eigenvalue weighted by atomic mass is 10.2. The van der Waals surface area contributed by atoms with E-state index in [1.165, 1.54) is 0 Å². The van der Waals surface area contributed by atoms with Crippen molar-refractivity contribution in [2.75, 3.05) is 0 Å². The molecule has 0 spiro atoms. The standard InChI is InChI=1S/C9H4F3NO2S2/c10-9(11,12)5-1-3-6(4-2-5)13-7(14)16-17-8(13)15/h1-4H. The molecule has 90 valence electrons. The molecule has 0 aliphatic heterocycles. The zero-order chi connectivity index (χ0) is 12.6. The highest BCUT2D eigenvalue weighted by atomic mass is 32.9. The zero-order valence-corrected chi connectivity index (χ0v) is 9.66. The predicted molar refractivity (Wildman–Crippen MR) is 59.1 cm³/mol. The Morgan fingerprint density at radius 2 is 1.41 bits per heavy atom. The highest BCUT2D eigenvalue weighted by Crippen LogP contribution is 2.29. The Hall–Kier alpha value is -1.41. The molecule has 0 amide bonds. The summed E-state index contributed by atoms with van der Waals surface area (Å²) in [6.45, 7) is 0. The second kappa shape index (κ2) is 4.11. The first-order valence-corrected chi connectivity index (χ1v) is 6.44. The zero-order valence-electron chi connectivity index (χ0n) is 8.02. The number of halogens is 3. The van der Waals surface area contributed by atoms with Crippen molar-refractivity contribution in [1.29, 1.82) is 0 Å². The number of alkyl halides is 3. The van der Waals surface area contributed by atoms with Gasteiger partial charge in [-0.2, -0.15) is 13.2 Å². The number of aromatic nitrogens is 1. The van der Waals surface area contributed by atoms with E-state index in [1.54, 1.807) is 0 Å². The van der Waals surface area contributed by atoms with Crippen LogP contribution in [0.25, 0.3) is 5.69 Å². The topological polar surface area (TPSA) is 39.1 Å². The molecule has 1 heterocycles. The highest BCUT2D eigenvalue weighted by Gasteiger charge is 2.30. The highest BCUT2D eigenvalue weighted by molar-refractivity contribution is 7.67. The molecule has 0 saturated heterocycles. The third kappa shape index (κ3) is 2.32. The monoisotopic (exact) mass is 279 g/mol. The van der Waals surface area contributed by atoms with Crippen molar-refractivity contribution in [3.8, 4) is 5.69 Å². The molecule has 0 atom stereocenters. The van der Waals surface area contributed by atoms with Gasteiger partial charge in [0.05, 0.1) is 11.3 Å². The molecule has 1 aromatic carbocycles. The minimum atomic E-state index is -4.43. The van der Waals surface area contributed by atoms with Crippen LogP contribution in [0.2, 0.25) is 0 Å². The van der Waals surface area contributed by atoms with Gasteiger partial charge in [0.1, 0.15) is 0 Å². The molecule has 0 N–H and O–H groups in total. The Morgan fingerprint density at radius 1 is 0.941 bits per heavy atom. The lowest BCUT2D eigenvalue weighted by Crippen LogP contribution is -2.21. The maximum absolute atomic E-state index is 12.3. The van der Waals surface area contributed by atoms with Crippen molar-refractivity contribution in [2.45, 2.75) is 6.18 Å². The smallest absolute Gasteiger partial charge is 0.255 e. The molecular weight excluding hydrogens is 275 g/mol. The van der Waals surface area contributed by atoms with Crippen molar-refractivity contribution in [2.24, 2.45) is 0 Å². The lowest BCUT2D eigenvalue weighted by Gasteiger charge is -2.06. The summed E-state index contributed by atoms with van der Waals surface area (Å²) in [6, 6.07) is 3.88.